The van der Waals surface area contributed by atoms with Gasteiger partial charge in [0.05, 0.1) is 7.11 Å². The molecule has 0 aliphatic rings. The molecule has 84 valence electrons. The normalized spacial score (nSPS) is 11.2. The molecule has 2 heteroatoms. The molecule has 0 aliphatic carbocycles. The van der Waals surface area contributed by atoms with Crippen molar-refractivity contribution in [3.63, 3.8) is 0 Å². The molecule has 0 saturated carbocycles. The van der Waals surface area contributed by atoms with E-state index in [9.17, 15) is 0 Å². The van der Waals surface area contributed by atoms with Gasteiger partial charge < -0.3 is 10.1 Å². The van der Waals surface area contributed by atoms with Gasteiger partial charge in [-0.3, -0.25) is 0 Å². The first-order valence-electron chi connectivity index (χ1n) is 5.45. The average molecular weight is 207 g/mol. The second kappa shape index (κ2) is 5.06. The van der Waals surface area contributed by atoms with Crippen LogP contribution >= 0.6 is 0 Å². The van der Waals surface area contributed by atoms with Crippen LogP contribution in [0.3, 0.4) is 0 Å². The predicted molar refractivity (Wildman–Crippen MR) is 65.6 cm³/mol. The van der Waals surface area contributed by atoms with Gasteiger partial charge in [-0.15, -0.1) is 0 Å². The summed E-state index contributed by atoms with van der Waals surface area (Å²) >= 11 is 0. The highest BCUT2D eigenvalue weighted by Crippen LogP contribution is 2.21. The third-order valence-corrected chi connectivity index (χ3v) is 2.82. The van der Waals surface area contributed by atoms with Crippen molar-refractivity contribution in [3.05, 3.63) is 24.3 Å². The van der Waals surface area contributed by atoms with E-state index in [1.807, 2.05) is 24.3 Å². The third kappa shape index (κ3) is 3.82. The summed E-state index contributed by atoms with van der Waals surface area (Å²) in [5.41, 5.74) is 1.50. The predicted octanol–water partition coefficient (Wildman–Crippen LogP) is 3.54. The van der Waals surface area contributed by atoms with Crippen molar-refractivity contribution in [2.75, 3.05) is 19.0 Å². The van der Waals surface area contributed by atoms with Gasteiger partial charge in [0.15, 0.2) is 0 Å². The van der Waals surface area contributed by atoms with Gasteiger partial charge in [0.25, 0.3) is 0 Å². The molecular weight excluding hydrogens is 186 g/mol. The summed E-state index contributed by atoms with van der Waals surface area (Å²) in [5.74, 6) is 0.898. The quantitative estimate of drug-likeness (QED) is 0.797. The van der Waals surface area contributed by atoms with E-state index in [1.54, 1.807) is 7.11 Å². The molecule has 0 heterocycles. The van der Waals surface area contributed by atoms with Crippen molar-refractivity contribution < 1.29 is 4.74 Å². The third-order valence-electron chi connectivity index (χ3n) is 2.82. The van der Waals surface area contributed by atoms with Gasteiger partial charge in [0, 0.05) is 12.2 Å². The van der Waals surface area contributed by atoms with Crippen molar-refractivity contribution in [1.29, 1.82) is 0 Å². The van der Waals surface area contributed by atoms with Crippen LogP contribution in [-0.4, -0.2) is 13.7 Å². The highest BCUT2D eigenvalue weighted by Gasteiger charge is 2.13. The fourth-order valence-electron chi connectivity index (χ4n) is 1.18. The van der Waals surface area contributed by atoms with E-state index in [4.69, 9.17) is 4.74 Å². The van der Waals surface area contributed by atoms with Crippen molar-refractivity contribution in [2.45, 2.75) is 27.2 Å². The van der Waals surface area contributed by atoms with E-state index >= 15 is 0 Å². The Labute approximate surface area is 92.6 Å². The molecule has 0 unspecified atom stereocenters. The molecule has 1 aromatic rings. The zero-order valence-corrected chi connectivity index (χ0v) is 10.1. The van der Waals surface area contributed by atoms with Crippen LogP contribution in [0.1, 0.15) is 27.2 Å². The fraction of sp³-hybridized carbons (Fsp3) is 0.538. The summed E-state index contributed by atoms with van der Waals surface area (Å²) < 4.78 is 5.11. The van der Waals surface area contributed by atoms with E-state index in [-0.39, 0.29) is 0 Å². The SMILES string of the molecule is CCC(C)(C)CNc1ccc(OC)cc1. The van der Waals surface area contributed by atoms with Crippen LogP contribution in [0.4, 0.5) is 5.69 Å². The standard InChI is InChI=1S/C13H21NO/c1-5-13(2,3)10-14-11-6-8-12(15-4)9-7-11/h6-9,14H,5,10H2,1-4H3. The molecule has 15 heavy (non-hydrogen) atoms. The largest absolute Gasteiger partial charge is 0.497 e. The minimum absolute atomic E-state index is 0.347. The smallest absolute Gasteiger partial charge is 0.119 e. The highest BCUT2D eigenvalue weighted by molar-refractivity contribution is 5.46. The zero-order chi connectivity index (χ0) is 11.3. The molecule has 1 aromatic carbocycles. The maximum atomic E-state index is 5.11. The fourth-order valence-corrected chi connectivity index (χ4v) is 1.18. The molecule has 0 aromatic heterocycles. The number of nitrogens with one attached hydrogen (secondary N) is 1. The first kappa shape index (κ1) is 11.9. The van der Waals surface area contributed by atoms with Crippen LogP contribution in [0.5, 0.6) is 5.75 Å². The molecule has 0 amide bonds. The Morgan fingerprint density at radius 3 is 2.27 bits per heavy atom. The number of hydrogen-bond acceptors (Lipinski definition) is 2. The lowest BCUT2D eigenvalue weighted by molar-refractivity contribution is 0.377. The number of benzene rings is 1. The van der Waals surface area contributed by atoms with Crippen LogP contribution < -0.4 is 10.1 Å². The maximum Gasteiger partial charge on any atom is 0.119 e. The number of rotatable bonds is 5. The zero-order valence-electron chi connectivity index (χ0n) is 10.1. The molecule has 0 aliphatic heterocycles. The van der Waals surface area contributed by atoms with Crippen molar-refractivity contribution >= 4 is 5.69 Å². The van der Waals surface area contributed by atoms with E-state index in [0.29, 0.717) is 5.41 Å². The van der Waals surface area contributed by atoms with Gasteiger partial charge in [-0.2, -0.15) is 0 Å². The molecule has 0 spiro atoms. The molecular formula is C13H21NO. The molecule has 0 radical (unpaired) electrons. The number of hydrogen-bond donors (Lipinski definition) is 1. The summed E-state index contributed by atoms with van der Waals surface area (Å²) in [7, 11) is 1.68. The topological polar surface area (TPSA) is 21.3 Å². The Morgan fingerprint density at radius 1 is 1.20 bits per heavy atom. The van der Waals surface area contributed by atoms with Gasteiger partial charge >= 0.3 is 0 Å². The second-order valence-electron chi connectivity index (χ2n) is 4.60. The minimum Gasteiger partial charge on any atom is -0.497 e. The summed E-state index contributed by atoms with van der Waals surface area (Å²) in [6.07, 6.45) is 1.18. The van der Waals surface area contributed by atoms with Crippen LogP contribution in [-0.2, 0) is 0 Å². The van der Waals surface area contributed by atoms with Gasteiger partial charge in [0.1, 0.15) is 5.75 Å². The average Bonchev–Trinajstić information content (AvgIpc) is 2.27. The number of anilines is 1. The lowest BCUT2D eigenvalue weighted by Gasteiger charge is -2.23. The summed E-state index contributed by atoms with van der Waals surface area (Å²) in [6, 6.07) is 8.04. The van der Waals surface area contributed by atoms with Crippen LogP contribution in [0.15, 0.2) is 24.3 Å². The van der Waals surface area contributed by atoms with Gasteiger partial charge in [-0.25, -0.2) is 0 Å². The van der Waals surface area contributed by atoms with E-state index in [0.717, 1.165) is 18.0 Å². The number of ether oxygens (including phenoxy) is 1. The Hall–Kier alpha value is -1.18. The highest BCUT2D eigenvalue weighted by atomic mass is 16.5. The summed E-state index contributed by atoms with van der Waals surface area (Å²) in [6.45, 7) is 7.75. The molecule has 0 bridgehead atoms. The van der Waals surface area contributed by atoms with Crippen molar-refractivity contribution in [2.24, 2.45) is 5.41 Å². The Bertz CT molecular complexity index is 290. The Kier molecular flexibility index (Phi) is 4.01. The second-order valence-corrected chi connectivity index (χ2v) is 4.60. The first-order chi connectivity index (χ1) is 7.07. The first-order valence-corrected chi connectivity index (χ1v) is 5.45. The molecule has 1 N–H and O–H groups in total. The van der Waals surface area contributed by atoms with E-state index in [2.05, 4.69) is 26.1 Å². The van der Waals surface area contributed by atoms with Gasteiger partial charge in [-0.05, 0) is 36.1 Å². The number of methoxy groups -OCH3 is 1. The lowest BCUT2D eigenvalue weighted by Crippen LogP contribution is -2.21. The molecule has 2 nitrogen and oxygen atoms in total. The van der Waals surface area contributed by atoms with Crippen molar-refractivity contribution in [1.82, 2.24) is 0 Å². The van der Waals surface area contributed by atoms with Gasteiger partial charge in [-0.1, -0.05) is 20.8 Å². The molecule has 0 fully saturated rings. The Balaban J connectivity index is 2.51. The lowest BCUT2D eigenvalue weighted by atomic mass is 9.90. The Morgan fingerprint density at radius 2 is 1.80 bits per heavy atom. The molecule has 1 rings (SSSR count). The van der Waals surface area contributed by atoms with Gasteiger partial charge in [0.2, 0.25) is 0 Å². The monoisotopic (exact) mass is 207 g/mol. The van der Waals surface area contributed by atoms with Crippen LogP contribution in [0.25, 0.3) is 0 Å². The van der Waals surface area contributed by atoms with E-state index < -0.39 is 0 Å². The van der Waals surface area contributed by atoms with Crippen molar-refractivity contribution in [3.8, 4) is 5.75 Å². The summed E-state index contributed by atoms with van der Waals surface area (Å²) in [5, 5.41) is 3.43. The van der Waals surface area contributed by atoms with Crippen LogP contribution in [0, 0.1) is 5.41 Å². The summed E-state index contributed by atoms with van der Waals surface area (Å²) in [4.78, 5) is 0. The maximum absolute atomic E-state index is 5.11. The van der Waals surface area contributed by atoms with E-state index in [1.165, 1.54) is 6.42 Å². The molecule has 0 saturated heterocycles. The molecule has 0 atom stereocenters. The van der Waals surface area contributed by atoms with Crippen LogP contribution in [0.2, 0.25) is 0 Å². The minimum atomic E-state index is 0.347.